The highest BCUT2D eigenvalue weighted by molar-refractivity contribution is 8.10. The van der Waals surface area contributed by atoms with Gasteiger partial charge in [0.2, 0.25) is 0 Å². The minimum Gasteiger partial charge on any atom is -0.249 e. The lowest BCUT2D eigenvalue weighted by molar-refractivity contribution is 1.14. The van der Waals surface area contributed by atoms with Crippen LogP contribution in [0, 0.1) is 4.52 Å². The van der Waals surface area contributed by atoms with Crippen LogP contribution in [0.25, 0.3) is 0 Å². The highest BCUT2D eigenvalue weighted by atomic mass is 32.2. The van der Waals surface area contributed by atoms with Crippen LogP contribution in [0.2, 0.25) is 0 Å². The molecule has 0 aliphatic heterocycles. The van der Waals surface area contributed by atoms with E-state index in [1.807, 2.05) is 36.4 Å². The summed E-state index contributed by atoms with van der Waals surface area (Å²) in [6.45, 7) is 0. The van der Waals surface area contributed by atoms with Crippen LogP contribution in [0.3, 0.4) is 0 Å². The van der Waals surface area contributed by atoms with E-state index >= 15 is 0 Å². The maximum atomic E-state index is 4.18. The molecule has 0 saturated heterocycles. The molecule has 2 rings (SSSR count). The molecule has 0 bridgehead atoms. The summed E-state index contributed by atoms with van der Waals surface area (Å²) in [5.41, 5.74) is 0. The van der Waals surface area contributed by atoms with Crippen molar-refractivity contribution < 1.29 is 0 Å². The van der Waals surface area contributed by atoms with E-state index < -0.39 is 0 Å². The van der Waals surface area contributed by atoms with E-state index in [0.29, 0.717) is 0 Å². The summed E-state index contributed by atoms with van der Waals surface area (Å²) in [5, 5.41) is 1.89. The van der Waals surface area contributed by atoms with Crippen LogP contribution >= 0.6 is 22.9 Å². The van der Waals surface area contributed by atoms with Gasteiger partial charge in [-0.1, -0.05) is 23.3 Å². The van der Waals surface area contributed by atoms with Crippen molar-refractivity contribution in [1.82, 2.24) is 9.97 Å². The summed E-state index contributed by atoms with van der Waals surface area (Å²) in [6, 6.07) is 11.6. The van der Waals surface area contributed by atoms with Crippen LogP contribution < -0.4 is 0 Å². The fourth-order valence-electron chi connectivity index (χ4n) is 0.921. The van der Waals surface area contributed by atoms with E-state index in [2.05, 4.69) is 14.5 Å². The number of hydrogen-bond donors (Lipinski definition) is 0. The van der Waals surface area contributed by atoms with Crippen LogP contribution in [0.4, 0.5) is 0 Å². The molecular formula is C11H8N2S2. The van der Waals surface area contributed by atoms with Crippen molar-refractivity contribution in [2.75, 3.05) is 0 Å². The third-order valence-electron chi connectivity index (χ3n) is 1.57. The number of hydrogen-bond acceptors (Lipinski definition) is 3. The zero-order valence-corrected chi connectivity index (χ0v) is 9.46. The Kier molecular flexibility index (Phi) is 3.74. The molecule has 0 aromatic carbocycles. The second-order valence-corrected chi connectivity index (χ2v) is 4.53. The molecule has 74 valence electrons. The van der Waals surface area contributed by atoms with E-state index in [1.165, 1.54) is 22.9 Å². The van der Waals surface area contributed by atoms with E-state index in [4.69, 9.17) is 0 Å². The van der Waals surface area contributed by atoms with E-state index in [-0.39, 0.29) is 0 Å². The lowest BCUT2D eigenvalue weighted by Crippen LogP contribution is -1.73. The second kappa shape index (κ2) is 5.51. The minimum atomic E-state index is 0.945. The standard InChI is InChI=1S/C11H8N2S2/c1-3-7-12-10(5-1)14-9-15-11-6-2-4-8-13-11/h1-8H. The van der Waals surface area contributed by atoms with E-state index in [9.17, 15) is 0 Å². The molecule has 2 heterocycles. The van der Waals surface area contributed by atoms with Gasteiger partial charge >= 0.3 is 0 Å². The lowest BCUT2D eigenvalue weighted by Gasteiger charge is -1.89. The Morgan fingerprint density at radius 2 is 1.53 bits per heavy atom. The molecule has 0 spiro atoms. The maximum Gasteiger partial charge on any atom is 0.124 e. The Hall–Kier alpha value is -1.35. The molecule has 4 heteroatoms. The number of aromatic nitrogens is 2. The van der Waals surface area contributed by atoms with Crippen molar-refractivity contribution in [2.24, 2.45) is 0 Å². The van der Waals surface area contributed by atoms with Crippen LogP contribution in [-0.2, 0) is 0 Å². The molecule has 2 aromatic rings. The Balaban J connectivity index is 2.03. The maximum absolute atomic E-state index is 4.18. The fraction of sp³-hybridized carbons (Fsp3) is 0. The molecule has 0 atom stereocenters. The smallest absolute Gasteiger partial charge is 0.124 e. The third kappa shape index (κ3) is 3.36. The van der Waals surface area contributed by atoms with Crippen LogP contribution in [-0.4, -0.2) is 9.97 Å². The Morgan fingerprint density at radius 3 is 2.13 bits per heavy atom. The second-order valence-electron chi connectivity index (χ2n) is 2.62. The van der Waals surface area contributed by atoms with E-state index in [1.54, 1.807) is 12.4 Å². The van der Waals surface area contributed by atoms with Crippen molar-refractivity contribution in [1.29, 1.82) is 0 Å². The summed E-state index contributed by atoms with van der Waals surface area (Å²) < 4.78 is 3.13. The first kappa shape index (κ1) is 10.2. The first-order chi connectivity index (χ1) is 7.45. The first-order valence-corrected chi connectivity index (χ1v) is 5.99. The van der Waals surface area contributed by atoms with Gasteiger partial charge in [-0.15, -0.1) is 0 Å². The Morgan fingerprint density at radius 1 is 0.867 bits per heavy atom. The SMILES string of the molecule is C(Sc1ccccn1)#Sc1ccccn1. The topological polar surface area (TPSA) is 25.8 Å². The lowest BCUT2D eigenvalue weighted by atomic mass is 10.5. The number of thioether (sulfide) groups is 1. The monoisotopic (exact) mass is 232 g/mol. The molecule has 0 radical (unpaired) electrons. The van der Waals surface area contributed by atoms with Crippen molar-refractivity contribution in [3.8, 4) is 4.52 Å². The molecule has 0 fully saturated rings. The van der Waals surface area contributed by atoms with Crippen molar-refractivity contribution >= 4 is 22.9 Å². The highest BCUT2D eigenvalue weighted by Crippen LogP contribution is 2.15. The normalized spacial score (nSPS) is 9.33. The molecule has 2 nitrogen and oxygen atoms in total. The van der Waals surface area contributed by atoms with Crippen molar-refractivity contribution in [2.45, 2.75) is 10.1 Å². The van der Waals surface area contributed by atoms with Crippen molar-refractivity contribution in [3.63, 3.8) is 0 Å². The van der Waals surface area contributed by atoms with Crippen LogP contribution in [0.15, 0.2) is 58.8 Å². The average Bonchev–Trinajstić information content (AvgIpc) is 2.32. The largest absolute Gasteiger partial charge is 0.249 e. The first-order valence-electron chi connectivity index (χ1n) is 4.36. The number of pyridine rings is 2. The molecule has 0 saturated carbocycles. The number of nitrogens with zero attached hydrogens (tertiary/aromatic N) is 2. The minimum absolute atomic E-state index is 0.945. The predicted molar refractivity (Wildman–Crippen MR) is 64.1 cm³/mol. The molecule has 0 unspecified atom stereocenters. The van der Waals surface area contributed by atoms with Gasteiger partial charge in [-0.05, 0) is 40.5 Å². The summed E-state index contributed by atoms with van der Waals surface area (Å²) >= 11 is 2.95. The molecule has 0 aliphatic carbocycles. The van der Waals surface area contributed by atoms with Gasteiger partial charge < -0.3 is 0 Å². The molecule has 0 aliphatic rings. The predicted octanol–water partition coefficient (Wildman–Crippen LogP) is 3.28. The van der Waals surface area contributed by atoms with Gasteiger partial charge in [0, 0.05) is 12.4 Å². The third-order valence-corrected chi connectivity index (χ3v) is 3.14. The molecule has 15 heavy (non-hydrogen) atoms. The Bertz CT molecular complexity index is 474. The summed E-state index contributed by atoms with van der Waals surface area (Å²) in [5.74, 6) is 0. The number of rotatable bonds is 1. The quantitative estimate of drug-likeness (QED) is 0.706. The fourth-order valence-corrected chi connectivity index (χ4v) is 2.29. The van der Waals surface area contributed by atoms with Crippen LogP contribution in [0.5, 0.6) is 0 Å². The zero-order chi connectivity index (χ0) is 10.3. The van der Waals surface area contributed by atoms with Crippen LogP contribution in [0.1, 0.15) is 0 Å². The van der Waals surface area contributed by atoms with Gasteiger partial charge in [-0.3, -0.25) is 0 Å². The summed E-state index contributed by atoms with van der Waals surface area (Å²) in [6.07, 6.45) is 3.55. The molecule has 0 amide bonds. The average molecular weight is 232 g/mol. The molecule has 2 aromatic heterocycles. The summed E-state index contributed by atoms with van der Waals surface area (Å²) in [4.78, 5) is 8.35. The van der Waals surface area contributed by atoms with Gasteiger partial charge in [0.15, 0.2) is 0 Å². The van der Waals surface area contributed by atoms with E-state index in [0.717, 1.165) is 10.1 Å². The highest BCUT2D eigenvalue weighted by Gasteiger charge is 1.88. The van der Waals surface area contributed by atoms with Gasteiger partial charge in [0.1, 0.15) is 10.1 Å². The van der Waals surface area contributed by atoms with Gasteiger partial charge in [0.05, 0.1) is 0 Å². The van der Waals surface area contributed by atoms with Crippen molar-refractivity contribution in [3.05, 3.63) is 48.8 Å². The van der Waals surface area contributed by atoms with Gasteiger partial charge in [-0.2, -0.15) is 0 Å². The Labute approximate surface area is 96.4 Å². The van der Waals surface area contributed by atoms with Gasteiger partial charge in [0.25, 0.3) is 0 Å². The molecular weight excluding hydrogens is 224 g/mol. The summed E-state index contributed by atoms with van der Waals surface area (Å²) in [7, 11) is 0. The molecule has 0 N–H and O–H groups in total. The van der Waals surface area contributed by atoms with Gasteiger partial charge in [-0.25, -0.2) is 9.97 Å². The zero-order valence-electron chi connectivity index (χ0n) is 7.83.